The molecule has 0 spiro atoms. The number of amides is 1. The molecule has 94 valence electrons. The van der Waals surface area contributed by atoms with Crippen LogP contribution in [0.1, 0.15) is 26.7 Å². The van der Waals surface area contributed by atoms with Gasteiger partial charge in [-0.3, -0.25) is 4.79 Å². The molecule has 6 nitrogen and oxygen atoms in total. The zero-order valence-electron chi connectivity index (χ0n) is 9.39. The van der Waals surface area contributed by atoms with Gasteiger partial charge in [0.05, 0.1) is 5.75 Å². The lowest BCUT2D eigenvalue weighted by atomic mass is 10.2. The van der Waals surface area contributed by atoms with E-state index in [0.29, 0.717) is 6.42 Å². The van der Waals surface area contributed by atoms with Gasteiger partial charge in [0.25, 0.3) is 0 Å². The van der Waals surface area contributed by atoms with Gasteiger partial charge in [-0.15, -0.1) is 0 Å². The van der Waals surface area contributed by atoms with Crippen molar-refractivity contribution in [3.63, 3.8) is 0 Å². The first-order chi connectivity index (χ1) is 7.28. The van der Waals surface area contributed by atoms with Crippen molar-refractivity contribution >= 4 is 21.7 Å². The fourth-order valence-corrected chi connectivity index (χ4v) is 2.63. The van der Waals surface area contributed by atoms with E-state index in [1.165, 1.54) is 6.92 Å². The van der Waals surface area contributed by atoms with E-state index in [1.54, 1.807) is 6.92 Å². The van der Waals surface area contributed by atoms with Crippen LogP contribution in [0.15, 0.2) is 0 Å². The molecule has 0 bridgehead atoms. The maximum atomic E-state index is 11.3. The number of sulfone groups is 1. The smallest absolute Gasteiger partial charge is 0.326 e. The van der Waals surface area contributed by atoms with E-state index in [-0.39, 0.29) is 17.9 Å². The summed E-state index contributed by atoms with van der Waals surface area (Å²) in [5.74, 6) is -1.89. The van der Waals surface area contributed by atoms with Gasteiger partial charge in [0.2, 0.25) is 5.91 Å². The maximum absolute atomic E-state index is 11.3. The SMILES string of the molecule is CCCS(=O)(=O)CCC(NC(C)=O)C(=O)O. The van der Waals surface area contributed by atoms with Crippen molar-refractivity contribution in [3.8, 4) is 0 Å². The third-order valence-electron chi connectivity index (χ3n) is 1.91. The normalized spacial score (nSPS) is 13.1. The number of nitrogens with one attached hydrogen (secondary N) is 1. The van der Waals surface area contributed by atoms with Crippen molar-refractivity contribution in [2.45, 2.75) is 32.7 Å². The summed E-state index contributed by atoms with van der Waals surface area (Å²) >= 11 is 0. The molecule has 1 amide bonds. The van der Waals surface area contributed by atoms with Crippen molar-refractivity contribution in [2.24, 2.45) is 0 Å². The van der Waals surface area contributed by atoms with Crippen LogP contribution in [0.5, 0.6) is 0 Å². The Morgan fingerprint density at radius 3 is 2.25 bits per heavy atom. The second-order valence-corrected chi connectivity index (χ2v) is 5.84. The first-order valence-corrected chi connectivity index (χ1v) is 6.81. The number of hydrogen-bond donors (Lipinski definition) is 2. The minimum atomic E-state index is -3.21. The van der Waals surface area contributed by atoms with Crippen molar-refractivity contribution in [1.82, 2.24) is 5.32 Å². The molecule has 0 aromatic heterocycles. The standard InChI is InChI=1S/C9H17NO5S/c1-3-5-16(14,15)6-4-8(9(12)13)10-7(2)11/h8H,3-6H2,1-2H3,(H,10,11)(H,12,13). The van der Waals surface area contributed by atoms with Crippen molar-refractivity contribution in [1.29, 1.82) is 0 Å². The predicted molar refractivity (Wildman–Crippen MR) is 58.8 cm³/mol. The highest BCUT2D eigenvalue weighted by molar-refractivity contribution is 7.91. The van der Waals surface area contributed by atoms with Gasteiger partial charge < -0.3 is 10.4 Å². The molecule has 0 heterocycles. The molecule has 1 unspecified atom stereocenters. The second kappa shape index (κ2) is 6.47. The highest BCUT2D eigenvalue weighted by Crippen LogP contribution is 2.01. The van der Waals surface area contributed by atoms with E-state index in [0.717, 1.165) is 0 Å². The molecule has 0 saturated heterocycles. The van der Waals surface area contributed by atoms with E-state index < -0.39 is 27.8 Å². The quantitative estimate of drug-likeness (QED) is 0.652. The molecule has 0 aliphatic carbocycles. The molecule has 16 heavy (non-hydrogen) atoms. The van der Waals surface area contributed by atoms with Gasteiger partial charge in [-0.25, -0.2) is 13.2 Å². The zero-order valence-corrected chi connectivity index (χ0v) is 10.2. The second-order valence-electron chi connectivity index (χ2n) is 3.53. The lowest BCUT2D eigenvalue weighted by molar-refractivity contribution is -0.141. The molecule has 0 aliphatic rings. The summed E-state index contributed by atoms with van der Waals surface area (Å²) in [6.07, 6.45) is 0.400. The molecule has 1 atom stereocenters. The van der Waals surface area contributed by atoms with Crippen LogP contribution >= 0.6 is 0 Å². The largest absolute Gasteiger partial charge is 0.480 e. The number of rotatable bonds is 7. The summed E-state index contributed by atoms with van der Waals surface area (Å²) in [5.41, 5.74) is 0. The number of carboxylic acid groups (broad SMARTS) is 1. The number of carbonyl (C=O) groups excluding carboxylic acids is 1. The Morgan fingerprint density at radius 2 is 1.88 bits per heavy atom. The first kappa shape index (κ1) is 14.9. The monoisotopic (exact) mass is 251 g/mol. The van der Waals surface area contributed by atoms with Crippen LogP contribution in [0.3, 0.4) is 0 Å². The van der Waals surface area contributed by atoms with Gasteiger partial charge in [0, 0.05) is 12.7 Å². The van der Waals surface area contributed by atoms with Crippen molar-refractivity contribution < 1.29 is 23.1 Å². The minimum absolute atomic E-state index is 0.0411. The van der Waals surface area contributed by atoms with Crippen LogP contribution < -0.4 is 5.32 Å². The van der Waals surface area contributed by atoms with E-state index in [9.17, 15) is 18.0 Å². The van der Waals surface area contributed by atoms with Gasteiger partial charge >= 0.3 is 5.97 Å². The van der Waals surface area contributed by atoms with Crippen molar-refractivity contribution in [3.05, 3.63) is 0 Å². The van der Waals surface area contributed by atoms with E-state index >= 15 is 0 Å². The summed E-state index contributed by atoms with van der Waals surface area (Å²) in [7, 11) is -3.21. The lowest BCUT2D eigenvalue weighted by Crippen LogP contribution is -2.40. The lowest BCUT2D eigenvalue weighted by Gasteiger charge is -2.12. The Kier molecular flexibility index (Phi) is 6.02. The van der Waals surface area contributed by atoms with Gasteiger partial charge in [-0.2, -0.15) is 0 Å². The molecule has 0 fully saturated rings. The Labute approximate surface area is 95.0 Å². The van der Waals surface area contributed by atoms with Crippen LogP contribution in [-0.2, 0) is 19.4 Å². The molecular weight excluding hydrogens is 234 g/mol. The summed E-state index contributed by atoms with van der Waals surface area (Å²) in [4.78, 5) is 21.4. The molecule has 0 aromatic carbocycles. The molecule has 0 saturated carbocycles. The zero-order chi connectivity index (χ0) is 12.8. The van der Waals surface area contributed by atoms with Gasteiger partial charge in [0.1, 0.15) is 15.9 Å². The Bertz CT molecular complexity index is 349. The number of carboxylic acids is 1. The predicted octanol–water partition coefficient (Wildman–Crippen LogP) is -0.209. The number of hydrogen-bond acceptors (Lipinski definition) is 4. The highest BCUT2D eigenvalue weighted by Gasteiger charge is 2.21. The summed E-state index contributed by atoms with van der Waals surface area (Å²) < 4.78 is 22.7. The first-order valence-electron chi connectivity index (χ1n) is 4.99. The maximum Gasteiger partial charge on any atom is 0.326 e. The Morgan fingerprint density at radius 1 is 1.31 bits per heavy atom. The molecule has 2 N–H and O–H groups in total. The molecule has 7 heteroatoms. The average Bonchev–Trinajstić information content (AvgIpc) is 2.11. The molecule has 0 aliphatic heterocycles. The fourth-order valence-electron chi connectivity index (χ4n) is 1.21. The highest BCUT2D eigenvalue weighted by atomic mass is 32.2. The number of aliphatic carboxylic acids is 1. The summed E-state index contributed by atoms with van der Waals surface area (Å²) in [5, 5.41) is 10.9. The Hall–Kier alpha value is -1.11. The molecule has 0 aromatic rings. The van der Waals surface area contributed by atoms with Gasteiger partial charge in [0.15, 0.2) is 0 Å². The summed E-state index contributed by atoms with van der Waals surface area (Å²) in [6, 6.07) is -1.14. The van der Waals surface area contributed by atoms with E-state index in [1.807, 2.05) is 0 Å². The van der Waals surface area contributed by atoms with Crippen molar-refractivity contribution in [2.75, 3.05) is 11.5 Å². The average molecular weight is 251 g/mol. The molecular formula is C9H17NO5S. The van der Waals surface area contributed by atoms with Crippen LogP contribution in [0.25, 0.3) is 0 Å². The van der Waals surface area contributed by atoms with E-state index in [2.05, 4.69) is 5.32 Å². The third kappa shape index (κ3) is 6.39. The van der Waals surface area contributed by atoms with Gasteiger partial charge in [-0.1, -0.05) is 6.92 Å². The van der Waals surface area contributed by atoms with Crippen LogP contribution in [-0.4, -0.2) is 42.9 Å². The number of carbonyl (C=O) groups is 2. The minimum Gasteiger partial charge on any atom is -0.480 e. The van der Waals surface area contributed by atoms with Crippen LogP contribution in [0.4, 0.5) is 0 Å². The van der Waals surface area contributed by atoms with Crippen LogP contribution in [0, 0.1) is 0 Å². The summed E-state index contributed by atoms with van der Waals surface area (Å²) in [6.45, 7) is 2.93. The molecule has 0 rings (SSSR count). The van der Waals surface area contributed by atoms with Gasteiger partial charge in [-0.05, 0) is 12.8 Å². The topological polar surface area (TPSA) is 101 Å². The fraction of sp³-hybridized carbons (Fsp3) is 0.778. The molecule has 0 radical (unpaired) electrons. The third-order valence-corrected chi connectivity index (χ3v) is 3.80. The van der Waals surface area contributed by atoms with Crippen LogP contribution in [0.2, 0.25) is 0 Å². The van der Waals surface area contributed by atoms with E-state index in [4.69, 9.17) is 5.11 Å². The Balaban J connectivity index is 4.33.